The van der Waals surface area contributed by atoms with Crippen LogP contribution in [-0.2, 0) is 0 Å². The lowest BCUT2D eigenvalue weighted by Crippen LogP contribution is -2.09. The molecule has 0 radical (unpaired) electrons. The van der Waals surface area contributed by atoms with Gasteiger partial charge in [-0.2, -0.15) is 30.9 Å². The van der Waals surface area contributed by atoms with E-state index in [2.05, 4.69) is 11.2 Å². The van der Waals surface area contributed by atoms with E-state index in [4.69, 9.17) is 21.5 Å². The van der Waals surface area contributed by atoms with Crippen molar-refractivity contribution in [1.82, 2.24) is 0 Å². The zero-order valence-electron chi connectivity index (χ0n) is 7.30. The summed E-state index contributed by atoms with van der Waals surface area (Å²) in [4.78, 5) is 0.806. The van der Waals surface area contributed by atoms with Crippen LogP contribution in [0.3, 0.4) is 0 Å². The van der Waals surface area contributed by atoms with Gasteiger partial charge in [-0.05, 0) is 0 Å². The molecule has 12 heavy (non-hydrogen) atoms. The quantitative estimate of drug-likeness (QED) is 0.141. The fourth-order valence-corrected chi connectivity index (χ4v) is 0. The number of nitrogens with two attached hydrogens (primary N) is 2. The summed E-state index contributed by atoms with van der Waals surface area (Å²) in [6.45, 7) is 1.43. The lowest BCUT2D eigenvalue weighted by atomic mass is 11.0. The van der Waals surface area contributed by atoms with Crippen molar-refractivity contribution in [3.05, 3.63) is 0 Å². The molecule has 0 aliphatic rings. The molecule has 2 atom stereocenters. The fraction of sp³-hybridized carbons (Fsp3) is 0.667. The van der Waals surface area contributed by atoms with Gasteiger partial charge in [-0.15, -0.1) is 0 Å². The topological polar surface area (TPSA) is 132 Å². The molecule has 0 amide bonds. The molecule has 0 aliphatic heterocycles. The molecule has 76 valence electrons. The predicted molar refractivity (Wildman–Crippen MR) is 54.1 cm³/mol. The largest absolute Gasteiger partial charge is 0.361 e. The Morgan fingerprint density at radius 2 is 1.50 bits per heavy atom. The lowest BCUT2D eigenvalue weighted by Gasteiger charge is -1.65. The van der Waals surface area contributed by atoms with E-state index in [0.29, 0.717) is 0 Å². The molecule has 2 unspecified atom stereocenters. The number of nitriles is 1. The number of nitrogens with zero attached hydrogens (tertiary/aromatic N) is 3. The van der Waals surface area contributed by atoms with Gasteiger partial charge in [0.05, 0.1) is 6.07 Å². The smallest absolute Gasteiger partial charge is 0.215 e. The van der Waals surface area contributed by atoms with Gasteiger partial charge in [0.15, 0.2) is 7.05 Å². The van der Waals surface area contributed by atoms with Crippen LogP contribution in [0.1, 0.15) is 6.92 Å². The van der Waals surface area contributed by atoms with Crippen molar-refractivity contribution in [3.63, 3.8) is 0 Å². The van der Waals surface area contributed by atoms with Crippen molar-refractivity contribution in [2.75, 3.05) is 7.05 Å². The van der Waals surface area contributed by atoms with Gasteiger partial charge in [-0.1, -0.05) is 0 Å². The molecule has 6 N–H and O–H groups in total. The maximum atomic E-state index is 7.57. The number of hydrazine groups is 1. The van der Waals surface area contributed by atoms with Gasteiger partial charge in [-0.25, -0.2) is 5.90 Å². The Balaban J connectivity index is -0.0000000209. The molecule has 0 heterocycles. The molecule has 0 aromatic heterocycles. The normalized spacial score (nSPS) is 6.08. The first-order valence-corrected chi connectivity index (χ1v) is 2.09. The van der Waals surface area contributed by atoms with Crippen molar-refractivity contribution in [2.24, 2.45) is 17.0 Å². The molecular weight excluding hydrogens is 200 g/mol. The second kappa shape index (κ2) is 47.0. The van der Waals surface area contributed by atoms with Crippen LogP contribution in [-0.4, -0.2) is 22.3 Å². The minimum atomic E-state index is 0. The molecule has 7 nitrogen and oxygen atoms in total. The van der Waals surface area contributed by atoms with Gasteiger partial charge in [0.1, 0.15) is 0 Å². The molecule has 0 aliphatic carbocycles. The highest BCUT2D eigenvalue weighted by molar-refractivity contribution is 6.92. The summed E-state index contributed by atoms with van der Waals surface area (Å²) >= 11 is 0. The zero-order chi connectivity index (χ0) is 8.99. The summed E-state index contributed by atoms with van der Waals surface area (Å²) in [6, 6.07) is 1.75. The van der Waals surface area contributed by atoms with Crippen LogP contribution in [0.2, 0.25) is 0 Å². The fourth-order valence-electron chi connectivity index (χ4n) is 0. The minimum Gasteiger partial charge on any atom is -0.361 e. The monoisotopic (exact) mass is 218 g/mol. The minimum absolute atomic E-state index is 0. The average Bonchev–Trinajstić information content (AvgIpc) is 1.94. The van der Waals surface area contributed by atoms with Crippen LogP contribution >= 0.6 is 19.8 Å². The summed E-state index contributed by atoms with van der Waals surface area (Å²) in [7, 11) is 1.42. The summed E-state index contributed by atoms with van der Waals surface area (Å²) in [6.07, 6.45) is 0. The molecule has 0 fully saturated rings. The molecule has 0 saturated carbocycles. The zero-order valence-corrected chi connectivity index (χ0v) is 10.1. The van der Waals surface area contributed by atoms with Crippen LogP contribution in [0.5, 0.6) is 0 Å². The van der Waals surface area contributed by atoms with Crippen molar-refractivity contribution in [3.8, 4) is 6.07 Å². The van der Waals surface area contributed by atoms with E-state index >= 15 is 0 Å². The van der Waals surface area contributed by atoms with Crippen LogP contribution in [0.25, 0.3) is 0 Å². The SMILES string of the molecule is C/[N+](N)=N/O.CC#N.NO.P.P. The van der Waals surface area contributed by atoms with E-state index in [1.165, 1.54) is 14.0 Å². The average molecular weight is 218 g/mol. The number of hydrogen-bond donors (Lipinski definition) is 4. The lowest BCUT2D eigenvalue weighted by molar-refractivity contribution is -0.601. The summed E-state index contributed by atoms with van der Waals surface area (Å²) in [5.74, 6) is 8.21. The molecule has 0 bridgehead atoms. The van der Waals surface area contributed by atoms with E-state index in [9.17, 15) is 0 Å². The highest BCUT2D eigenvalue weighted by atomic mass is 31.0. The summed E-state index contributed by atoms with van der Waals surface area (Å²) in [5.41, 5.74) is 0. The summed E-state index contributed by atoms with van der Waals surface area (Å²) < 4.78 is 0. The van der Waals surface area contributed by atoms with Crippen molar-refractivity contribution in [2.45, 2.75) is 6.92 Å². The van der Waals surface area contributed by atoms with E-state index in [0.717, 1.165) is 4.81 Å². The first-order valence-electron chi connectivity index (χ1n) is 2.09. The molecule has 0 rings (SSSR count). The van der Waals surface area contributed by atoms with Crippen LogP contribution in [0, 0.1) is 11.3 Å². The summed E-state index contributed by atoms with van der Waals surface area (Å²) in [5, 5.41) is 23.9. The Kier molecular flexibility index (Phi) is 118. The second-order valence-electron chi connectivity index (χ2n) is 0.887. The third-order valence-corrected chi connectivity index (χ3v) is 0.141. The Morgan fingerprint density at radius 3 is 1.50 bits per heavy atom. The molecule has 9 heteroatoms. The highest BCUT2D eigenvalue weighted by Gasteiger charge is 1.71. The van der Waals surface area contributed by atoms with Crippen LogP contribution < -0.4 is 11.7 Å². The second-order valence-corrected chi connectivity index (χ2v) is 0.887. The Labute approximate surface area is 78.2 Å². The molecule has 0 aromatic carbocycles. The molecule has 0 spiro atoms. The van der Waals surface area contributed by atoms with Gasteiger partial charge in [-0.3, -0.25) is 0 Å². The number of rotatable bonds is 0. The number of hydrogen-bond acceptors (Lipinski definition) is 4. The first-order chi connectivity index (χ1) is 4.68. The van der Waals surface area contributed by atoms with Gasteiger partial charge in [0.2, 0.25) is 5.28 Å². The third kappa shape index (κ3) is 314. The van der Waals surface area contributed by atoms with Crippen molar-refractivity contribution in [1.29, 1.82) is 5.26 Å². The molecule has 0 saturated heterocycles. The van der Waals surface area contributed by atoms with Crippen molar-refractivity contribution >= 4 is 19.8 Å². The van der Waals surface area contributed by atoms with Crippen LogP contribution in [0.4, 0.5) is 0 Å². The highest BCUT2D eigenvalue weighted by Crippen LogP contribution is 1.43. The Morgan fingerprint density at radius 1 is 1.42 bits per heavy atom. The standard InChI is InChI=1S/C2H3N.CH5N3O.H3NO.2H3P/c1-2-3;1-4(2)3-5;1-2;;/h1H3;2H2,1H3;2H,1H2;2*1H3/p+1. The van der Waals surface area contributed by atoms with Gasteiger partial charge in [0.25, 0.3) is 0 Å². The first kappa shape index (κ1) is 30.0. The van der Waals surface area contributed by atoms with Gasteiger partial charge in [0, 0.05) is 11.7 Å². The molecule has 0 aromatic rings. The predicted octanol–water partition coefficient (Wildman–Crippen LogP) is -0.676. The maximum Gasteiger partial charge on any atom is 0.215 e. The Bertz CT molecular complexity index is 110. The van der Waals surface area contributed by atoms with E-state index < -0.39 is 0 Å². The van der Waals surface area contributed by atoms with E-state index in [-0.39, 0.29) is 19.8 Å². The van der Waals surface area contributed by atoms with Crippen molar-refractivity contribution < 1.29 is 15.2 Å². The van der Waals surface area contributed by atoms with Gasteiger partial charge < -0.3 is 10.4 Å². The van der Waals surface area contributed by atoms with Gasteiger partial charge >= 0.3 is 0 Å². The van der Waals surface area contributed by atoms with Crippen LogP contribution in [0.15, 0.2) is 5.28 Å². The third-order valence-electron chi connectivity index (χ3n) is 0.141. The van der Waals surface area contributed by atoms with E-state index in [1.54, 1.807) is 6.07 Å². The Hall–Kier alpha value is -0.530. The van der Waals surface area contributed by atoms with E-state index in [1.807, 2.05) is 0 Å². The molecular formula is C3H18N5O2P2+. The maximum absolute atomic E-state index is 7.57.